The van der Waals surface area contributed by atoms with Crippen LogP contribution in [-0.2, 0) is 11.2 Å². The summed E-state index contributed by atoms with van der Waals surface area (Å²) in [6, 6.07) is 27.4. The van der Waals surface area contributed by atoms with Crippen LogP contribution in [0.25, 0.3) is 6.08 Å². The van der Waals surface area contributed by atoms with E-state index in [9.17, 15) is 4.79 Å². The lowest BCUT2D eigenvalue weighted by molar-refractivity contribution is -0.122. The van der Waals surface area contributed by atoms with Gasteiger partial charge in [0.15, 0.2) is 5.17 Å². The lowest BCUT2D eigenvalue weighted by atomic mass is 10.1. The Balaban J connectivity index is 1.62. The summed E-state index contributed by atoms with van der Waals surface area (Å²) in [6.45, 7) is 0.583. The molecule has 144 valence electrons. The van der Waals surface area contributed by atoms with Gasteiger partial charge in [-0.25, -0.2) is 4.99 Å². The summed E-state index contributed by atoms with van der Waals surface area (Å²) in [6.07, 6.45) is 2.67. The van der Waals surface area contributed by atoms with E-state index >= 15 is 0 Å². The fourth-order valence-corrected chi connectivity index (χ4v) is 4.15. The van der Waals surface area contributed by atoms with Crippen LogP contribution in [0, 0.1) is 0 Å². The van der Waals surface area contributed by atoms with Gasteiger partial charge in [0.1, 0.15) is 0 Å². The van der Waals surface area contributed by atoms with Crippen LogP contribution in [-0.4, -0.2) is 22.5 Å². The van der Waals surface area contributed by atoms with E-state index in [1.54, 1.807) is 4.90 Å². The fourth-order valence-electron chi connectivity index (χ4n) is 3.00. The number of aliphatic imine (C=N–C) groups is 1. The maximum Gasteiger partial charge on any atom is 0.266 e. The van der Waals surface area contributed by atoms with E-state index in [0.29, 0.717) is 21.6 Å². The first-order valence-corrected chi connectivity index (χ1v) is 10.5. The van der Waals surface area contributed by atoms with Crippen molar-refractivity contribution in [3.63, 3.8) is 0 Å². The van der Waals surface area contributed by atoms with E-state index < -0.39 is 0 Å². The molecule has 29 heavy (non-hydrogen) atoms. The second-order valence-electron chi connectivity index (χ2n) is 6.58. The van der Waals surface area contributed by atoms with Gasteiger partial charge >= 0.3 is 0 Å². The number of halogens is 1. The van der Waals surface area contributed by atoms with E-state index in [0.717, 1.165) is 17.7 Å². The zero-order chi connectivity index (χ0) is 20.1. The highest BCUT2D eigenvalue weighted by atomic mass is 35.5. The average molecular weight is 419 g/mol. The largest absolute Gasteiger partial charge is 0.286 e. The van der Waals surface area contributed by atoms with Gasteiger partial charge in [-0.2, -0.15) is 0 Å². The zero-order valence-corrected chi connectivity index (χ0v) is 17.2. The number of hydrogen-bond acceptors (Lipinski definition) is 3. The van der Waals surface area contributed by atoms with E-state index in [1.807, 2.05) is 78.9 Å². The Labute approximate surface area is 179 Å². The van der Waals surface area contributed by atoms with Crippen LogP contribution < -0.4 is 0 Å². The molecule has 0 bridgehead atoms. The van der Waals surface area contributed by atoms with Crippen molar-refractivity contribution in [3.05, 3.63) is 106 Å². The van der Waals surface area contributed by atoms with Crippen LogP contribution in [0.15, 0.2) is 94.8 Å². The molecule has 1 aliphatic heterocycles. The number of rotatable bonds is 5. The first-order chi connectivity index (χ1) is 14.2. The summed E-state index contributed by atoms with van der Waals surface area (Å²) in [5.74, 6) is -0.0180. The second kappa shape index (κ2) is 9.12. The van der Waals surface area contributed by atoms with Crippen molar-refractivity contribution in [3.8, 4) is 0 Å². The molecular weight excluding hydrogens is 400 g/mol. The van der Waals surface area contributed by atoms with Crippen LogP contribution in [0.3, 0.4) is 0 Å². The fraction of sp³-hybridized carbons (Fsp3) is 0.0833. The van der Waals surface area contributed by atoms with Crippen LogP contribution in [0.2, 0.25) is 5.02 Å². The van der Waals surface area contributed by atoms with Gasteiger partial charge in [-0.3, -0.25) is 9.69 Å². The monoisotopic (exact) mass is 418 g/mol. The number of amides is 1. The van der Waals surface area contributed by atoms with Crippen LogP contribution >= 0.6 is 23.4 Å². The number of para-hydroxylation sites is 1. The number of carbonyl (C=O) groups is 1. The molecule has 1 heterocycles. The normalized spacial score (nSPS) is 16.7. The van der Waals surface area contributed by atoms with Gasteiger partial charge < -0.3 is 0 Å². The van der Waals surface area contributed by atoms with Crippen LogP contribution in [0.5, 0.6) is 0 Å². The lowest BCUT2D eigenvalue weighted by Crippen LogP contribution is -2.31. The second-order valence-corrected chi connectivity index (χ2v) is 8.03. The van der Waals surface area contributed by atoms with E-state index in [4.69, 9.17) is 16.6 Å². The molecule has 5 heteroatoms. The molecule has 0 aliphatic carbocycles. The summed E-state index contributed by atoms with van der Waals surface area (Å²) in [4.78, 5) is 20.3. The molecule has 4 rings (SSSR count). The topological polar surface area (TPSA) is 32.7 Å². The van der Waals surface area contributed by atoms with Crippen molar-refractivity contribution in [2.45, 2.75) is 6.42 Å². The highest BCUT2D eigenvalue weighted by Crippen LogP contribution is 2.34. The minimum Gasteiger partial charge on any atom is -0.286 e. The van der Waals surface area contributed by atoms with Crippen molar-refractivity contribution in [2.75, 3.05) is 6.54 Å². The number of nitrogens with zero attached hydrogens (tertiary/aromatic N) is 2. The molecule has 0 radical (unpaired) electrons. The molecule has 0 aromatic heterocycles. The van der Waals surface area contributed by atoms with Crippen molar-refractivity contribution in [2.24, 2.45) is 4.99 Å². The van der Waals surface area contributed by atoms with Gasteiger partial charge in [0.2, 0.25) is 0 Å². The Bertz CT molecular complexity index is 1050. The Morgan fingerprint density at radius 1 is 0.897 bits per heavy atom. The minimum atomic E-state index is -0.0180. The maximum absolute atomic E-state index is 13.1. The first kappa shape index (κ1) is 19.5. The summed E-state index contributed by atoms with van der Waals surface area (Å²) < 4.78 is 0. The van der Waals surface area contributed by atoms with E-state index in [-0.39, 0.29) is 5.91 Å². The van der Waals surface area contributed by atoms with Gasteiger partial charge in [0.05, 0.1) is 10.6 Å². The Morgan fingerprint density at radius 3 is 2.24 bits per heavy atom. The number of amidine groups is 1. The molecule has 0 saturated carbocycles. The summed E-state index contributed by atoms with van der Waals surface area (Å²) in [7, 11) is 0. The molecule has 1 saturated heterocycles. The standard InChI is InChI=1S/C24H19ClN2OS/c25-20-13-11-19(12-14-20)17-22-23(28)27(16-15-18-7-3-1-4-8-18)24(29-22)26-21-9-5-2-6-10-21/h1-14,17H,15-16H2. The third-order valence-electron chi connectivity index (χ3n) is 4.50. The predicted molar refractivity (Wildman–Crippen MR) is 122 cm³/mol. The van der Waals surface area contributed by atoms with Crippen molar-refractivity contribution in [1.82, 2.24) is 4.90 Å². The average Bonchev–Trinajstić information content (AvgIpc) is 3.04. The highest BCUT2D eigenvalue weighted by Gasteiger charge is 2.33. The molecule has 3 aromatic carbocycles. The molecule has 3 nitrogen and oxygen atoms in total. The molecule has 0 unspecified atom stereocenters. The predicted octanol–water partition coefficient (Wildman–Crippen LogP) is 6.19. The van der Waals surface area contributed by atoms with Gasteiger partial charge in [-0.1, -0.05) is 72.3 Å². The SMILES string of the molecule is O=C1C(=Cc2ccc(Cl)cc2)SC(=Nc2ccccc2)N1CCc1ccccc1. The van der Waals surface area contributed by atoms with Crippen LogP contribution in [0.1, 0.15) is 11.1 Å². The summed E-state index contributed by atoms with van der Waals surface area (Å²) >= 11 is 7.38. The molecule has 1 aliphatic rings. The molecule has 3 aromatic rings. The number of carbonyl (C=O) groups excluding carboxylic acids is 1. The van der Waals surface area contributed by atoms with E-state index in [1.165, 1.54) is 17.3 Å². The lowest BCUT2D eigenvalue weighted by Gasteiger charge is -2.15. The summed E-state index contributed by atoms with van der Waals surface area (Å²) in [5, 5.41) is 1.38. The third-order valence-corrected chi connectivity index (χ3v) is 5.76. The Hall–Kier alpha value is -2.82. The smallest absolute Gasteiger partial charge is 0.266 e. The summed E-state index contributed by atoms with van der Waals surface area (Å²) in [5.41, 5.74) is 2.97. The molecule has 1 amide bonds. The first-order valence-electron chi connectivity index (χ1n) is 9.34. The Kier molecular flexibility index (Phi) is 6.13. The van der Waals surface area contributed by atoms with Gasteiger partial charge in [-0.05, 0) is 59.7 Å². The molecule has 0 spiro atoms. The third kappa shape index (κ3) is 4.97. The molecule has 0 atom stereocenters. The minimum absolute atomic E-state index is 0.0180. The zero-order valence-electron chi connectivity index (χ0n) is 15.7. The highest BCUT2D eigenvalue weighted by molar-refractivity contribution is 8.18. The van der Waals surface area contributed by atoms with Gasteiger partial charge in [-0.15, -0.1) is 0 Å². The van der Waals surface area contributed by atoms with Crippen molar-refractivity contribution >= 4 is 46.2 Å². The van der Waals surface area contributed by atoms with Gasteiger partial charge in [0.25, 0.3) is 5.91 Å². The number of hydrogen-bond donors (Lipinski definition) is 0. The number of thioether (sulfide) groups is 1. The quantitative estimate of drug-likeness (QED) is 0.463. The van der Waals surface area contributed by atoms with Crippen LogP contribution in [0.4, 0.5) is 5.69 Å². The van der Waals surface area contributed by atoms with E-state index in [2.05, 4.69) is 12.1 Å². The molecular formula is C24H19ClN2OS. The number of benzene rings is 3. The molecule has 0 N–H and O–H groups in total. The maximum atomic E-state index is 13.1. The van der Waals surface area contributed by atoms with Gasteiger partial charge in [0, 0.05) is 11.6 Å². The Morgan fingerprint density at radius 2 is 1.55 bits per heavy atom. The van der Waals surface area contributed by atoms with Crippen molar-refractivity contribution < 1.29 is 4.79 Å². The molecule has 1 fully saturated rings. The van der Waals surface area contributed by atoms with Crippen molar-refractivity contribution in [1.29, 1.82) is 0 Å².